The van der Waals surface area contributed by atoms with Crippen LogP contribution in [0.2, 0.25) is 0 Å². The van der Waals surface area contributed by atoms with E-state index in [2.05, 4.69) is 15.3 Å². The number of H-pyrrole nitrogens is 1. The van der Waals surface area contributed by atoms with Gasteiger partial charge in [0.2, 0.25) is 4.77 Å². The summed E-state index contributed by atoms with van der Waals surface area (Å²) in [6, 6.07) is 9.66. The van der Waals surface area contributed by atoms with Gasteiger partial charge in [-0.05, 0) is 30.4 Å². The zero-order valence-electron chi connectivity index (χ0n) is 14.9. The molecule has 1 heterocycles. The van der Waals surface area contributed by atoms with Gasteiger partial charge < -0.3 is 14.2 Å². The molecular formula is C18H17FN4O3S. The normalized spacial score (nSPS) is 11.0. The van der Waals surface area contributed by atoms with Crippen LogP contribution in [0.3, 0.4) is 0 Å². The molecule has 0 aliphatic carbocycles. The molecule has 0 atom stereocenters. The Morgan fingerprint density at radius 3 is 2.41 bits per heavy atom. The maximum Gasteiger partial charge on any atom is 0.216 e. The van der Waals surface area contributed by atoms with Gasteiger partial charge in [-0.1, -0.05) is 12.1 Å². The van der Waals surface area contributed by atoms with Crippen molar-refractivity contribution in [3.8, 4) is 28.6 Å². The fourth-order valence-electron chi connectivity index (χ4n) is 2.49. The molecule has 0 bridgehead atoms. The largest absolute Gasteiger partial charge is 0.496 e. The predicted molar refractivity (Wildman–Crippen MR) is 102 cm³/mol. The minimum absolute atomic E-state index is 0.226. The molecule has 9 heteroatoms. The molecular weight excluding hydrogens is 371 g/mol. The van der Waals surface area contributed by atoms with Crippen LogP contribution in [0.25, 0.3) is 11.4 Å². The van der Waals surface area contributed by atoms with E-state index in [1.165, 1.54) is 38.3 Å². The summed E-state index contributed by atoms with van der Waals surface area (Å²) in [5.41, 5.74) is 0.902. The van der Waals surface area contributed by atoms with E-state index in [1.54, 1.807) is 30.3 Å². The van der Waals surface area contributed by atoms with Gasteiger partial charge in [-0.2, -0.15) is 14.9 Å². The second kappa shape index (κ2) is 8.00. The monoisotopic (exact) mass is 388 g/mol. The summed E-state index contributed by atoms with van der Waals surface area (Å²) >= 11 is 5.21. The highest BCUT2D eigenvalue weighted by Gasteiger charge is 2.14. The van der Waals surface area contributed by atoms with Gasteiger partial charge in [0.25, 0.3) is 0 Å². The molecule has 140 valence electrons. The summed E-state index contributed by atoms with van der Waals surface area (Å²) in [5, 5.41) is 11.1. The summed E-state index contributed by atoms with van der Waals surface area (Å²) in [5.74, 6) is 1.41. The third-order valence-corrected chi connectivity index (χ3v) is 4.08. The van der Waals surface area contributed by atoms with Crippen LogP contribution in [-0.2, 0) is 0 Å². The number of halogens is 1. The maximum absolute atomic E-state index is 14.1. The van der Waals surface area contributed by atoms with Crippen LogP contribution in [0.15, 0.2) is 41.5 Å². The highest BCUT2D eigenvalue weighted by atomic mass is 32.1. The standard InChI is InChI=1S/C18H17FN4O3S/c1-24-14-9-16(26-3)15(25-2)8-11(14)10-20-23-17(21-22-18(23)27)12-6-4-5-7-13(12)19/h4-10H,1-3H3,(H,22,27). The number of ether oxygens (including phenoxy) is 3. The summed E-state index contributed by atoms with van der Waals surface area (Å²) in [6.45, 7) is 0. The van der Waals surface area contributed by atoms with E-state index < -0.39 is 5.82 Å². The van der Waals surface area contributed by atoms with Gasteiger partial charge in [0.1, 0.15) is 11.6 Å². The number of aromatic nitrogens is 3. The molecule has 1 aromatic heterocycles. The van der Waals surface area contributed by atoms with E-state index in [9.17, 15) is 4.39 Å². The van der Waals surface area contributed by atoms with Gasteiger partial charge in [0.05, 0.1) is 33.1 Å². The van der Waals surface area contributed by atoms with E-state index in [0.29, 0.717) is 22.8 Å². The third-order valence-electron chi connectivity index (χ3n) is 3.81. The molecule has 0 unspecified atom stereocenters. The Labute approximate surface area is 160 Å². The Morgan fingerprint density at radius 2 is 1.74 bits per heavy atom. The number of nitrogens with zero attached hydrogens (tertiary/aromatic N) is 3. The number of hydrogen-bond donors (Lipinski definition) is 1. The van der Waals surface area contributed by atoms with Crippen LogP contribution in [-0.4, -0.2) is 42.4 Å². The Hall–Kier alpha value is -3.20. The van der Waals surface area contributed by atoms with Crippen LogP contribution in [0.1, 0.15) is 5.56 Å². The molecule has 0 spiro atoms. The van der Waals surface area contributed by atoms with Crippen molar-refractivity contribution >= 4 is 18.4 Å². The Kier molecular flexibility index (Phi) is 5.51. The number of methoxy groups -OCH3 is 3. The van der Waals surface area contributed by atoms with Crippen LogP contribution in [0, 0.1) is 10.6 Å². The minimum Gasteiger partial charge on any atom is -0.496 e. The molecule has 3 aromatic rings. The first-order valence-corrected chi connectivity index (χ1v) is 8.26. The minimum atomic E-state index is -0.424. The van der Waals surface area contributed by atoms with E-state index in [4.69, 9.17) is 26.4 Å². The van der Waals surface area contributed by atoms with Crippen molar-refractivity contribution in [2.75, 3.05) is 21.3 Å². The van der Waals surface area contributed by atoms with Crippen molar-refractivity contribution in [2.45, 2.75) is 0 Å². The second-order valence-electron chi connectivity index (χ2n) is 5.34. The van der Waals surface area contributed by atoms with Crippen molar-refractivity contribution in [3.05, 3.63) is 52.5 Å². The first kappa shape index (κ1) is 18.6. The number of aromatic amines is 1. The lowest BCUT2D eigenvalue weighted by Crippen LogP contribution is -1.99. The van der Waals surface area contributed by atoms with Gasteiger partial charge in [0.15, 0.2) is 17.3 Å². The molecule has 27 heavy (non-hydrogen) atoms. The van der Waals surface area contributed by atoms with Crippen LogP contribution in [0.5, 0.6) is 17.2 Å². The van der Waals surface area contributed by atoms with Crippen molar-refractivity contribution in [3.63, 3.8) is 0 Å². The summed E-state index contributed by atoms with van der Waals surface area (Å²) in [7, 11) is 4.61. The molecule has 7 nitrogen and oxygen atoms in total. The first-order chi connectivity index (χ1) is 13.1. The van der Waals surface area contributed by atoms with Crippen molar-refractivity contribution in [2.24, 2.45) is 5.10 Å². The Bertz CT molecular complexity index is 1050. The number of rotatable bonds is 6. The highest BCUT2D eigenvalue weighted by molar-refractivity contribution is 7.71. The molecule has 0 saturated heterocycles. The third kappa shape index (κ3) is 3.68. The summed E-state index contributed by atoms with van der Waals surface area (Å²) < 4.78 is 31.6. The van der Waals surface area contributed by atoms with E-state index >= 15 is 0 Å². The van der Waals surface area contributed by atoms with E-state index in [1.807, 2.05) is 0 Å². The van der Waals surface area contributed by atoms with Crippen molar-refractivity contribution in [1.29, 1.82) is 0 Å². The molecule has 0 aliphatic rings. The molecule has 0 saturated carbocycles. The highest BCUT2D eigenvalue weighted by Crippen LogP contribution is 2.33. The lowest BCUT2D eigenvalue weighted by molar-refractivity contribution is 0.349. The topological polar surface area (TPSA) is 73.7 Å². The number of benzene rings is 2. The fraction of sp³-hybridized carbons (Fsp3) is 0.167. The number of nitrogens with one attached hydrogen (secondary N) is 1. The maximum atomic E-state index is 14.1. The quantitative estimate of drug-likeness (QED) is 0.515. The van der Waals surface area contributed by atoms with Crippen LogP contribution < -0.4 is 14.2 Å². The van der Waals surface area contributed by atoms with Gasteiger partial charge in [-0.15, -0.1) is 0 Å². The smallest absolute Gasteiger partial charge is 0.216 e. The zero-order valence-corrected chi connectivity index (χ0v) is 15.7. The zero-order chi connectivity index (χ0) is 19.4. The Balaban J connectivity index is 2.07. The molecule has 0 amide bonds. The predicted octanol–water partition coefficient (Wildman–Crippen LogP) is 3.65. The average Bonchev–Trinajstić information content (AvgIpc) is 3.06. The van der Waals surface area contributed by atoms with Crippen LogP contribution in [0.4, 0.5) is 4.39 Å². The molecule has 0 fully saturated rings. The SMILES string of the molecule is COc1cc(OC)c(OC)cc1C=Nn1c(-c2ccccc2F)n[nH]c1=S. The molecule has 2 aromatic carbocycles. The summed E-state index contributed by atoms with van der Waals surface area (Å²) in [6.07, 6.45) is 1.52. The van der Waals surface area contributed by atoms with Gasteiger partial charge in [-0.3, -0.25) is 0 Å². The van der Waals surface area contributed by atoms with E-state index in [-0.39, 0.29) is 16.2 Å². The van der Waals surface area contributed by atoms with Crippen molar-refractivity contribution < 1.29 is 18.6 Å². The van der Waals surface area contributed by atoms with Gasteiger partial charge in [-0.25, -0.2) is 9.49 Å². The van der Waals surface area contributed by atoms with Crippen LogP contribution >= 0.6 is 12.2 Å². The Morgan fingerprint density at radius 1 is 1.07 bits per heavy atom. The lowest BCUT2D eigenvalue weighted by atomic mass is 10.2. The number of hydrogen-bond acceptors (Lipinski definition) is 6. The second-order valence-corrected chi connectivity index (χ2v) is 5.72. The van der Waals surface area contributed by atoms with Crippen molar-refractivity contribution in [1.82, 2.24) is 14.9 Å². The van der Waals surface area contributed by atoms with Gasteiger partial charge in [0, 0.05) is 11.6 Å². The molecule has 0 aliphatic heterocycles. The molecule has 3 rings (SSSR count). The molecule has 0 radical (unpaired) electrons. The van der Waals surface area contributed by atoms with E-state index in [0.717, 1.165) is 0 Å². The first-order valence-electron chi connectivity index (χ1n) is 7.85. The average molecular weight is 388 g/mol. The fourth-order valence-corrected chi connectivity index (χ4v) is 2.67. The molecule has 1 N–H and O–H groups in total. The lowest BCUT2D eigenvalue weighted by Gasteiger charge is -2.11. The van der Waals surface area contributed by atoms with Gasteiger partial charge >= 0.3 is 0 Å². The summed E-state index contributed by atoms with van der Waals surface area (Å²) in [4.78, 5) is 0.